The van der Waals surface area contributed by atoms with E-state index in [2.05, 4.69) is 10.0 Å². The Hall–Kier alpha value is -1.84. The van der Waals surface area contributed by atoms with Crippen LogP contribution in [0.2, 0.25) is 0 Å². The molecule has 2 atom stereocenters. The van der Waals surface area contributed by atoms with E-state index in [1.807, 2.05) is 0 Å². The van der Waals surface area contributed by atoms with Gasteiger partial charge in [0.15, 0.2) is 6.04 Å². The lowest BCUT2D eigenvalue weighted by Crippen LogP contribution is -2.25. The third-order valence-electron chi connectivity index (χ3n) is 3.23. The van der Waals surface area contributed by atoms with Crippen molar-refractivity contribution >= 4 is 15.8 Å². The van der Waals surface area contributed by atoms with Crippen LogP contribution in [0.15, 0.2) is 34.3 Å². The summed E-state index contributed by atoms with van der Waals surface area (Å²) in [6.45, 7) is 0. The standard InChI is InChI=1S/C11H15N4O5S/c12-14-13-10-2-1-3-11(10)20-21(18,19)9-6-4-8(5-7-9)15(16)17/h4-7,10-12,16-17H,1-3H2/q+1/t10-,11-/m1/s1. The van der Waals surface area contributed by atoms with E-state index in [1.54, 1.807) is 0 Å². The van der Waals surface area contributed by atoms with Gasteiger partial charge in [0.2, 0.25) is 4.91 Å². The molecule has 0 amide bonds. The molecule has 0 heterocycles. The van der Waals surface area contributed by atoms with E-state index in [0.29, 0.717) is 12.8 Å². The highest BCUT2D eigenvalue weighted by Crippen LogP contribution is 2.28. The van der Waals surface area contributed by atoms with Crippen molar-refractivity contribution in [2.45, 2.75) is 36.3 Å². The monoisotopic (exact) mass is 315 g/mol. The van der Waals surface area contributed by atoms with E-state index < -0.39 is 22.3 Å². The lowest BCUT2D eigenvalue weighted by molar-refractivity contribution is 0.0291. The Morgan fingerprint density at radius 2 is 1.95 bits per heavy atom. The predicted octanol–water partition coefficient (Wildman–Crippen LogP) is 1.45. The van der Waals surface area contributed by atoms with Gasteiger partial charge >= 0.3 is 0 Å². The Labute approximate surface area is 121 Å². The summed E-state index contributed by atoms with van der Waals surface area (Å²) in [5, 5.41) is 21.2. The van der Waals surface area contributed by atoms with Gasteiger partial charge in [-0.05, 0) is 43.5 Å². The molecule has 0 saturated heterocycles. The molecule has 2 rings (SSSR count). The molecule has 1 saturated carbocycles. The molecule has 10 heteroatoms. The van der Waals surface area contributed by atoms with Crippen LogP contribution in [0.25, 0.3) is 0 Å². The van der Waals surface area contributed by atoms with Gasteiger partial charge in [-0.1, -0.05) is 0 Å². The molecule has 0 radical (unpaired) electrons. The van der Waals surface area contributed by atoms with Crippen LogP contribution >= 0.6 is 0 Å². The van der Waals surface area contributed by atoms with Crippen molar-refractivity contribution in [3.63, 3.8) is 0 Å². The summed E-state index contributed by atoms with van der Waals surface area (Å²) in [7, 11) is -3.98. The molecule has 9 nitrogen and oxygen atoms in total. The second-order valence-electron chi connectivity index (χ2n) is 4.59. The SMILES string of the molecule is N=[N+]=N[C@@H]1CCC[C@H]1OS(=O)(=O)c1ccc(N(O)O)cc1. The number of hydrogen-bond acceptors (Lipinski definition) is 8. The third-order valence-corrected chi connectivity index (χ3v) is 4.58. The minimum Gasteiger partial charge on any atom is -0.264 e. The molecule has 1 aliphatic rings. The van der Waals surface area contributed by atoms with Crippen LogP contribution in [0.1, 0.15) is 19.3 Å². The van der Waals surface area contributed by atoms with Crippen LogP contribution in [-0.2, 0) is 14.3 Å². The summed E-state index contributed by atoms with van der Waals surface area (Å²) < 4.78 is 29.4. The molecule has 1 aromatic carbocycles. The second-order valence-corrected chi connectivity index (χ2v) is 6.16. The molecule has 21 heavy (non-hydrogen) atoms. The smallest absolute Gasteiger partial charge is 0.264 e. The molecule has 1 aliphatic carbocycles. The lowest BCUT2D eigenvalue weighted by atomic mass is 10.2. The molecule has 3 N–H and O–H groups in total. The van der Waals surface area contributed by atoms with Gasteiger partial charge in [-0.3, -0.25) is 14.6 Å². The van der Waals surface area contributed by atoms with E-state index in [-0.39, 0.29) is 15.8 Å². The number of rotatable bonds is 5. The fraction of sp³-hybridized carbons (Fsp3) is 0.455. The van der Waals surface area contributed by atoms with Crippen LogP contribution in [0, 0.1) is 5.53 Å². The molecule has 1 fully saturated rings. The maximum Gasteiger partial charge on any atom is 0.297 e. The van der Waals surface area contributed by atoms with E-state index in [0.717, 1.165) is 6.42 Å². The number of nitrogens with zero attached hydrogens (tertiary/aromatic N) is 3. The van der Waals surface area contributed by atoms with Gasteiger partial charge in [0, 0.05) is 0 Å². The molecular weight excluding hydrogens is 300 g/mol. The van der Waals surface area contributed by atoms with E-state index in [4.69, 9.17) is 20.1 Å². The average Bonchev–Trinajstić information content (AvgIpc) is 2.86. The normalized spacial score (nSPS) is 21.8. The van der Waals surface area contributed by atoms with Crippen molar-refractivity contribution in [1.82, 2.24) is 4.91 Å². The molecule has 0 bridgehead atoms. The predicted molar refractivity (Wildman–Crippen MR) is 69.5 cm³/mol. The highest BCUT2D eigenvalue weighted by Gasteiger charge is 2.36. The van der Waals surface area contributed by atoms with Crippen molar-refractivity contribution in [3.05, 3.63) is 24.3 Å². The Morgan fingerprint density at radius 1 is 1.29 bits per heavy atom. The molecule has 1 aromatic rings. The van der Waals surface area contributed by atoms with Crippen LogP contribution in [-0.4, -0.2) is 31.0 Å². The number of nitrogens with one attached hydrogen (secondary N) is 1. The first kappa shape index (κ1) is 15.5. The molecule has 0 unspecified atom stereocenters. The average molecular weight is 315 g/mol. The summed E-state index contributed by atoms with van der Waals surface area (Å²) >= 11 is 0. The zero-order valence-electron chi connectivity index (χ0n) is 11.0. The van der Waals surface area contributed by atoms with Gasteiger partial charge in [-0.25, -0.2) is 0 Å². The quantitative estimate of drug-likeness (QED) is 0.325. The first-order chi connectivity index (χ1) is 9.94. The van der Waals surface area contributed by atoms with Crippen molar-refractivity contribution in [2.24, 2.45) is 5.11 Å². The first-order valence-electron chi connectivity index (χ1n) is 6.22. The Kier molecular flexibility index (Phi) is 4.66. The lowest BCUT2D eigenvalue weighted by Gasteiger charge is -2.13. The summed E-state index contributed by atoms with van der Waals surface area (Å²) in [5.41, 5.74) is 6.74. The molecular formula is C11H15N4O5S+. The van der Waals surface area contributed by atoms with E-state index in [1.165, 1.54) is 24.3 Å². The van der Waals surface area contributed by atoms with Crippen LogP contribution < -0.4 is 10.1 Å². The Bertz CT molecular complexity index is 639. The fourth-order valence-electron chi connectivity index (χ4n) is 2.19. The first-order valence-corrected chi connectivity index (χ1v) is 7.62. The summed E-state index contributed by atoms with van der Waals surface area (Å²) in [5.74, 6) is 0. The van der Waals surface area contributed by atoms with Crippen LogP contribution in [0.4, 0.5) is 5.69 Å². The van der Waals surface area contributed by atoms with Gasteiger partial charge in [0.05, 0.1) is 10.6 Å². The Morgan fingerprint density at radius 3 is 2.52 bits per heavy atom. The van der Waals surface area contributed by atoms with Crippen molar-refractivity contribution < 1.29 is 23.0 Å². The van der Waals surface area contributed by atoms with Crippen molar-refractivity contribution in [2.75, 3.05) is 5.23 Å². The summed E-state index contributed by atoms with van der Waals surface area (Å²) in [4.78, 5) is 2.85. The van der Waals surface area contributed by atoms with Crippen molar-refractivity contribution in [3.8, 4) is 0 Å². The van der Waals surface area contributed by atoms with E-state index >= 15 is 0 Å². The third kappa shape index (κ3) is 3.63. The topological polar surface area (TPSA) is 137 Å². The van der Waals surface area contributed by atoms with Crippen molar-refractivity contribution in [1.29, 1.82) is 5.53 Å². The van der Waals surface area contributed by atoms with Crippen LogP contribution in [0.5, 0.6) is 0 Å². The van der Waals surface area contributed by atoms with Gasteiger partial charge in [-0.15, -0.1) is 5.23 Å². The molecule has 114 valence electrons. The second kappa shape index (κ2) is 6.29. The largest absolute Gasteiger partial charge is 0.297 e. The summed E-state index contributed by atoms with van der Waals surface area (Å²) in [6, 6.07) is 4.44. The van der Waals surface area contributed by atoms with Gasteiger partial charge < -0.3 is 0 Å². The number of benzene rings is 1. The number of hydrogen-bond donors (Lipinski definition) is 3. The summed E-state index contributed by atoms with van der Waals surface area (Å²) in [6.07, 6.45) is 1.29. The maximum atomic E-state index is 12.1. The van der Waals surface area contributed by atoms with Crippen LogP contribution in [0.3, 0.4) is 0 Å². The number of anilines is 1. The maximum absolute atomic E-state index is 12.1. The minimum absolute atomic E-state index is 0.0238. The Balaban J connectivity index is 2.16. The molecule has 0 aromatic heterocycles. The molecule has 0 spiro atoms. The minimum atomic E-state index is -3.98. The zero-order valence-corrected chi connectivity index (χ0v) is 11.8. The molecule has 0 aliphatic heterocycles. The van der Waals surface area contributed by atoms with Gasteiger partial charge in [0.1, 0.15) is 16.7 Å². The van der Waals surface area contributed by atoms with Gasteiger partial charge in [-0.2, -0.15) is 8.42 Å². The van der Waals surface area contributed by atoms with Gasteiger partial charge in [0.25, 0.3) is 10.1 Å². The highest BCUT2D eigenvalue weighted by atomic mass is 32.2. The van der Waals surface area contributed by atoms with E-state index in [9.17, 15) is 8.42 Å². The fourth-order valence-corrected chi connectivity index (χ4v) is 3.32. The zero-order chi connectivity index (χ0) is 15.5. The highest BCUT2D eigenvalue weighted by molar-refractivity contribution is 7.86.